The predicted octanol–water partition coefficient (Wildman–Crippen LogP) is 17.7. The third kappa shape index (κ3) is 12.0. The van der Waals surface area contributed by atoms with Gasteiger partial charge in [0.15, 0.2) is 22.3 Å². The molecule has 426 valence electrons. The first kappa shape index (κ1) is 61.6. The summed E-state index contributed by atoms with van der Waals surface area (Å²) in [5, 5.41) is 14.8. The summed E-state index contributed by atoms with van der Waals surface area (Å²) in [7, 11) is -0.689. The van der Waals surface area contributed by atoms with Crippen molar-refractivity contribution in [2.24, 2.45) is 23.7 Å². The molecule has 14 heteroatoms. The van der Waals surface area contributed by atoms with E-state index in [0.717, 1.165) is 88.8 Å². The van der Waals surface area contributed by atoms with Crippen LogP contribution in [-0.4, -0.2) is 72.2 Å². The lowest BCUT2D eigenvalue weighted by Crippen LogP contribution is -2.51. The number of hydrogen-bond acceptors (Lipinski definition) is 8. The van der Waals surface area contributed by atoms with Crippen molar-refractivity contribution in [2.75, 3.05) is 14.2 Å². The fourth-order valence-electron chi connectivity index (χ4n) is 15.3. The number of fused-ring (bicyclic) bond motifs is 2. The Morgan fingerprint density at radius 2 is 1.00 bits per heavy atom. The monoisotopic (exact) mass is 1140 g/mol. The molecule has 7 atom stereocenters. The average Bonchev–Trinajstić information content (AvgIpc) is 4.24. The number of nitrogens with zero attached hydrogens (tertiary/aromatic N) is 4. The minimum Gasteiger partial charge on any atom is -0.497 e. The number of carbonyl (C=O) groups is 1. The summed E-state index contributed by atoms with van der Waals surface area (Å²) in [4.78, 5) is 23.9. The van der Waals surface area contributed by atoms with E-state index in [9.17, 15) is 9.90 Å². The number of Topliss-reactive ketones (excluding diaryl/α,β-unsaturated/α-hetero) is 1. The molecule has 0 spiro atoms. The van der Waals surface area contributed by atoms with Crippen LogP contribution in [0.2, 0.25) is 43.3 Å². The Bertz CT molecular complexity index is 2870. The summed E-state index contributed by atoms with van der Waals surface area (Å²) in [5.74, 6) is 2.44. The molecule has 78 heavy (non-hydrogen) atoms. The minimum atomic E-state index is -2.03. The van der Waals surface area contributed by atoms with Crippen molar-refractivity contribution in [3.63, 3.8) is 0 Å². The van der Waals surface area contributed by atoms with Crippen molar-refractivity contribution in [1.82, 2.24) is 18.4 Å². The molecule has 0 saturated heterocycles. The molecular formula is C64H92Cl2N4O6Si2. The van der Waals surface area contributed by atoms with Crippen LogP contribution in [0, 0.1) is 23.7 Å². The Balaban J connectivity index is 0.000000226. The highest BCUT2D eigenvalue weighted by Crippen LogP contribution is 2.50. The number of aromatic nitrogens is 4. The number of pyridine rings is 2. The molecule has 8 rings (SSSR count). The van der Waals surface area contributed by atoms with Gasteiger partial charge >= 0.3 is 0 Å². The molecule has 0 bridgehead atoms. The number of aliphatic hydroxyl groups is 1. The van der Waals surface area contributed by atoms with Crippen LogP contribution in [0.4, 0.5) is 0 Å². The molecular weight excluding hydrogens is 1050 g/mol. The smallest absolute Gasteiger partial charge is 0.171 e. The van der Waals surface area contributed by atoms with Gasteiger partial charge in [-0.05, 0) is 137 Å². The Kier molecular flexibility index (Phi) is 20.7. The van der Waals surface area contributed by atoms with Crippen molar-refractivity contribution in [3.05, 3.63) is 118 Å². The zero-order chi connectivity index (χ0) is 57.0. The topological polar surface area (TPSA) is 110 Å². The van der Waals surface area contributed by atoms with Crippen molar-refractivity contribution in [3.8, 4) is 11.5 Å². The highest BCUT2D eigenvalue weighted by atomic mass is 35.5. The van der Waals surface area contributed by atoms with E-state index in [2.05, 4.69) is 130 Å². The predicted molar refractivity (Wildman–Crippen MR) is 328 cm³/mol. The van der Waals surface area contributed by atoms with Gasteiger partial charge in [0.1, 0.15) is 22.8 Å². The Morgan fingerprint density at radius 3 is 1.44 bits per heavy atom. The van der Waals surface area contributed by atoms with Gasteiger partial charge in [0.05, 0.1) is 55.8 Å². The Hall–Kier alpha value is -4.02. The van der Waals surface area contributed by atoms with E-state index >= 15 is 0 Å². The zero-order valence-electron chi connectivity index (χ0n) is 49.8. The maximum atomic E-state index is 14.2. The van der Waals surface area contributed by atoms with Crippen LogP contribution in [0.5, 0.6) is 11.5 Å². The number of aliphatic hydroxyl groups excluding tert-OH is 1. The van der Waals surface area contributed by atoms with Crippen LogP contribution < -0.4 is 9.47 Å². The first-order valence-electron chi connectivity index (χ1n) is 29.1. The number of ether oxygens (including phenoxy) is 4. The minimum absolute atomic E-state index is 0.0505. The third-order valence-corrected chi connectivity index (χ3v) is 32.8. The molecule has 6 aromatic rings. The van der Waals surface area contributed by atoms with Gasteiger partial charge in [-0.1, -0.05) is 157 Å². The molecule has 4 heterocycles. The van der Waals surface area contributed by atoms with Gasteiger partial charge in [-0.2, -0.15) is 0 Å². The maximum absolute atomic E-state index is 14.2. The van der Waals surface area contributed by atoms with Crippen molar-refractivity contribution >= 4 is 67.5 Å². The molecule has 1 N–H and O–H groups in total. The molecule has 2 fully saturated rings. The molecule has 2 aromatic carbocycles. The van der Waals surface area contributed by atoms with Gasteiger partial charge in [-0.15, -0.1) is 0 Å². The van der Waals surface area contributed by atoms with E-state index in [-0.39, 0.29) is 35.7 Å². The quantitative estimate of drug-likeness (QED) is 0.0529. The second kappa shape index (κ2) is 26.3. The molecule has 0 amide bonds. The summed E-state index contributed by atoms with van der Waals surface area (Å²) in [6.07, 6.45) is 12.7. The number of carbonyl (C=O) groups excluding carboxylic acids is 1. The Morgan fingerprint density at radius 1 is 0.590 bits per heavy atom. The second-order valence-electron chi connectivity index (χ2n) is 24.5. The molecule has 0 radical (unpaired) electrons. The van der Waals surface area contributed by atoms with E-state index in [1.807, 2.05) is 48.5 Å². The first-order chi connectivity index (χ1) is 37.1. The largest absolute Gasteiger partial charge is 0.497 e. The Labute approximate surface area is 479 Å². The SMILES string of the molecule is CCC1CC(OCc2ccc(OC)cc2)CC1C(=O)c1c(Cl)cnc2c1ccn2[Si](C(C)C)(C(C)C)C(C)C.CCC1CC(OCc2ccc(OC)cc2)CC1C(O)c1c(Cl)cnc2c1ccn2[Si](C(C)C)(C(C)C)C(C)C. The van der Waals surface area contributed by atoms with Crippen LogP contribution in [0.1, 0.15) is 169 Å². The lowest BCUT2D eigenvalue weighted by molar-refractivity contribution is 0.0332. The van der Waals surface area contributed by atoms with Gasteiger partial charge < -0.3 is 32.5 Å². The zero-order valence-corrected chi connectivity index (χ0v) is 53.3. The first-order valence-corrected chi connectivity index (χ1v) is 34.3. The van der Waals surface area contributed by atoms with Gasteiger partial charge in [0.2, 0.25) is 0 Å². The highest BCUT2D eigenvalue weighted by Gasteiger charge is 2.49. The lowest BCUT2D eigenvalue weighted by Gasteiger charge is -2.44. The summed E-state index contributed by atoms with van der Waals surface area (Å²) < 4.78 is 28.2. The molecule has 2 aliphatic rings. The molecule has 10 nitrogen and oxygen atoms in total. The lowest BCUT2D eigenvalue weighted by atomic mass is 9.85. The molecule has 2 saturated carbocycles. The number of halogens is 2. The second-order valence-corrected chi connectivity index (χ2v) is 36.7. The van der Waals surface area contributed by atoms with E-state index in [1.165, 1.54) is 0 Å². The number of hydrogen-bond donors (Lipinski definition) is 1. The summed E-state index contributed by atoms with van der Waals surface area (Å²) in [5.41, 5.74) is 8.77. The number of rotatable bonds is 22. The van der Waals surface area contributed by atoms with Crippen LogP contribution >= 0.6 is 23.2 Å². The van der Waals surface area contributed by atoms with Crippen molar-refractivity contribution in [2.45, 2.75) is 200 Å². The molecule has 7 unspecified atom stereocenters. The van der Waals surface area contributed by atoms with Crippen molar-refractivity contribution in [1.29, 1.82) is 0 Å². The standard InChI is InChI=1S/C32H47ClN2O3Si.C32H45ClN2O3Si/c2*1-9-24-16-26(38-19-23-10-12-25(37-8)13-11-23)17-28(24)31(36)30-27-14-15-35(32(27)34-18-29(30)33)39(20(2)3,21(4)5)22(6)7/h10-15,18,20-22,24,26,28,31,36H,9,16-17,19H2,1-8H3;10-15,18,20-22,24,26,28H,9,16-17,19H2,1-8H3. The van der Waals surface area contributed by atoms with Crippen LogP contribution in [0.25, 0.3) is 22.1 Å². The molecule has 4 aromatic heterocycles. The van der Waals surface area contributed by atoms with Gasteiger partial charge in [-0.25, -0.2) is 9.97 Å². The highest BCUT2D eigenvalue weighted by molar-refractivity contribution is 6.83. The maximum Gasteiger partial charge on any atom is 0.171 e. The van der Waals surface area contributed by atoms with E-state index in [4.69, 9.17) is 52.1 Å². The number of benzene rings is 2. The van der Waals surface area contributed by atoms with E-state index in [1.54, 1.807) is 26.6 Å². The average molecular weight is 1140 g/mol. The van der Waals surface area contributed by atoms with Crippen molar-refractivity contribution < 1.29 is 28.8 Å². The van der Waals surface area contributed by atoms with Crippen LogP contribution in [-0.2, 0) is 22.7 Å². The normalized spacial score (nSPS) is 20.5. The van der Waals surface area contributed by atoms with E-state index in [0.29, 0.717) is 68.0 Å². The summed E-state index contributed by atoms with van der Waals surface area (Å²) in [6.45, 7) is 33.7. The van der Waals surface area contributed by atoms with Gasteiger partial charge in [0.25, 0.3) is 0 Å². The van der Waals surface area contributed by atoms with Crippen LogP contribution in [0.3, 0.4) is 0 Å². The number of ketones is 1. The number of methoxy groups -OCH3 is 2. The van der Waals surface area contributed by atoms with Gasteiger partial charge in [-0.3, -0.25) is 4.79 Å². The summed E-state index contributed by atoms with van der Waals surface area (Å²) >= 11 is 13.6. The summed E-state index contributed by atoms with van der Waals surface area (Å²) in [6, 6.07) is 20.2. The van der Waals surface area contributed by atoms with Crippen LogP contribution in [0.15, 0.2) is 85.5 Å². The fourth-order valence-corrected chi connectivity index (χ4v) is 28.9. The van der Waals surface area contributed by atoms with Gasteiger partial charge in [0, 0.05) is 40.2 Å². The molecule has 2 aliphatic carbocycles. The van der Waals surface area contributed by atoms with E-state index < -0.39 is 22.6 Å². The third-order valence-electron chi connectivity index (χ3n) is 18.7. The molecule has 0 aliphatic heterocycles. The fraction of sp³-hybridized carbons (Fsp3) is 0.578.